The topological polar surface area (TPSA) is 88.5 Å². The van der Waals surface area contributed by atoms with Crippen LogP contribution in [0.1, 0.15) is 34.2 Å². The van der Waals surface area contributed by atoms with Gasteiger partial charge in [0.1, 0.15) is 17.4 Å². The van der Waals surface area contributed by atoms with E-state index in [-0.39, 0.29) is 29.7 Å². The summed E-state index contributed by atoms with van der Waals surface area (Å²) in [5.41, 5.74) is -3.54. The lowest BCUT2D eigenvalue weighted by Gasteiger charge is -2.31. The van der Waals surface area contributed by atoms with Crippen LogP contribution in [0.4, 0.5) is 27.6 Å². The van der Waals surface area contributed by atoms with Crippen molar-refractivity contribution in [2.24, 2.45) is 5.92 Å². The number of aliphatic hydroxyl groups excluding tert-OH is 1. The first-order valence-electron chi connectivity index (χ1n) is 11.9. The highest BCUT2D eigenvalue weighted by atomic mass is 35.5. The molecule has 0 radical (unpaired) electrons. The molecular weight excluding hydrogens is 599 g/mol. The zero-order chi connectivity index (χ0) is 28.8. The molecule has 2 atom stereocenters. The Morgan fingerprint density at radius 3 is 2.60 bits per heavy atom. The molecule has 4 aromatic rings. The molecule has 2 N–H and O–H groups in total. The average molecular weight is 619 g/mol. The molecule has 0 saturated carbocycles. The highest BCUT2D eigenvalue weighted by Crippen LogP contribution is 2.40. The molecule has 0 spiro atoms. The summed E-state index contributed by atoms with van der Waals surface area (Å²) in [6.45, 7) is 0.0388. The van der Waals surface area contributed by atoms with Gasteiger partial charge < -0.3 is 9.84 Å². The summed E-state index contributed by atoms with van der Waals surface area (Å²) in [6.07, 6.45) is 0.407. The highest BCUT2D eigenvalue weighted by molar-refractivity contribution is 7.93. The predicted molar refractivity (Wildman–Crippen MR) is 141 cm³/mol. The Morgan fingerprint density at radius 1 is 1.10 bits per heavy atom. The van der Waals surface area contributed by atoms with Gasteiger partial charge in [0.05, 0.1) is 16.3 Å². The molecule has 14 heteroatoms. The van der Waals surface area contributed by atoms with Crippen LogP contribution in [0.5, 0.6) is 5.75 Å². The molecule has 0 saturated heterocycles. The fourth-order valence-electron chi connectivity index (χ4n) is 4.60. The van der Waals surface area contributed by atoms with E-state index >= 15 is 0 Å². The number of alkyl halides is 3. The maximum absolute atomic E-state index is 13.5. The van der Waals surface area contributed by atoms with Crippen molar-refractivity contribution in [3.8, 4) is 5.75 Å². The van der Waals surface area contributed by atoms with Gasteiger partial charge >= 0.3 is 15.5 Å². The van der Waals surface area contributed by atoms with Gasteiger partial charge in [0.15, 0.2) is 11.6 Å². The number of hydrogen-bond acceptors (Lipinski definition) is 6. The summed E-state index contributed by atoms with van der Waals surface area (Å²) in [5, 5.41) is 11.9. The van der Waals surface area contributed by atoms with Crippen molar-refractivity contribution in [1.82, 2.24) is 4.98 Å². The number of aromatic nitrogens is 1. The van der Waals surface area contributed by atoms with E-state index < -0.39 is 33.3 Å². The quantitative estimate of drug-likeness (QED) is 0.220. The van der Waals surface area contributed by atoms with Gasteiger partial charge in [-0.2, -0.15) is 21.6 Å². The number of halogens is 6. The lowest BCUT2D eigenvalue weighted by molar-refractivity contribution is -0.0429. The van der Waals surface area contributed by atoms with Gasteiger partial charge in [-0.15, -0.1) is 11.3 Å². The van der Waals surface area contributed by atoms with E-state index in [2.05, 4.69) is 4.98 Å². The molecule has 0 aliphatic heterocycles. The summed E-state index contributed by atoms with van der Waals surface area (Å²) in [6, 6.07) is 11.0. The Balaban J connectivity index is 1.30. The standard InChI is InChI=1S/C26H20ClF5N2O4S2/c27-19-6-4-16(34-40(36,37)26(30,31)32)8-15(19)7-14-2-1-13-3-5-17(9-18(13)25(14)35)38-12-24-33-22-10-20(28)21(29)11-23(22)39-24/h3-6,8-11,14,25,34-35H,1-2,7,12H2. The van der Waals surface area contributed by atoms with Crippen molar-refractivity contribution < 1.29 is 40.2 Å². The lowest BCUT2D eigenvalue weighted by atomic mass is 9.78. The molecule has 1 aromatic heterocycles. The van der Waals surface area contributed by atoms with Crippen LogP contribution in [0.2, 0.25) is 5.02 Å². The summed E-state index contributed by atoms with van der Waals surface area (Å²) < 4.78 is 96.1. The van der Waals surface area contributed by atoms with Crippen LogP contribution in [-0.4, -0.2) is 24.0 Å². The molecule has 0 amide bonds. The van der Waals surface area contributed by atoms with Gasteiger partial charge in [0.25, 0.3) is 0 Å². The minimum Gasteiger partial charge on any atom is -0.486 e. The van der Waals surface area contributed by atoms with Crippen molar-refractivity contribution in [2.45, 2.75) is 37.5 Å². The van der Waals surface area contributed by atoms with Gasteiger partial charge in [-0.1, -0.05) is 17.7 Å². The molecule has 212 valence electrons. The van der Waals surface area contributed by atoms with Gasteiger partial charge in [-0.05, 0) is 78.3 Å². The molecule has 5 rings (SSSR count). The number of rotatable bonds is 7. The van der Waals surface area contributed by atoms with E-state index in [0.29, 0.717) is 44.9 Å². The lowest BCUT2D eigenvalue weighted by Crippen LogP contribution is -2.30. The van der Waals surface area contributed by atoms with Gasteiger partial charge in [0, 0.05) is 16.8 Å². The number of anilines is 1. The molecule has 1 aliphatic carbocycles. The number of sulfonamides is 1. The fourth-order valence-corrected chi connectivity index (χ4v) is 6.24. The predicted octanol–water partition coefficient (Wildman–Crippen LogP) is 6.91. The average Bonchev–Trinajstić information content (AvgIpc) is 3.27. The largest absolute Gasteiger partial charge is 0.516 e. The number of thiazole rings is 1. The number of nitrogens with one attached hydrogen (secondary N) is 1. The summed E-state index contributed by atoms with van der Waals surface area (Å²) in [5.74, 6) is -1.86. The van der Waals surface area contributed by atoms with Crippen molar-refractivity contribution in [3.63, 3.8) is 0 Å². The minimum atomic E-state index is -5.60. The number of fused-ring (bicyclic) bond motifs is 2. The second-order valence-electron chi connectivity index (χ2n) is 9.30. The van der Waals surface area contributed by atoms with Crippen LogP contribution < -0.4 is 9.46 Å². The molecule has 0 bridgehead atoms. The van der Waals surface area contributed by atoms with Crippen LogP contribution in [0, 0.1) is 17.6 Å². The third-order valence-corrected chi connectivity index (χ3v) is 9.06. The Labute approximate surface area is 234 Å². The molecule has 6 nitrogen and oxygen atoms in total. The van der Waals surface area contributed by atoms with E-state index in [1.54, 1.807) is 12.1 Å². The molecule has 2 unspecified atom stereocenters. The normalized spacial score (nSPS) is 17.6. The first kappa shape index (κ1) is 28.5. The zero-order valence-electron chi connectivity index (χ0n) is 20.3. The number of nitrogens with zero attached hydrogens (tertiary/aromatic N) is 1. The van der Waals surface area contributed by atoms with Crippen LogP contribution in [0.15, 0.2) is 48.5 Å². The Bertz CT molecular complexity index is 1660. The van der Waals surface area contributed by atoms with Crippen LogP contribution in [-0.2, 0) is 29.5 Å². The molecule has 40 heavy (non-hydrogen) atoms. The molecular formula is C26H20ClF5N2O4S2. The van der Waals surface area contributed by atoms with Crippen LogP contribution in [0.3, 0.4) is 0 Å². The van der Waals surface area contributed by atoms with E-state index in [1.165, 1.54) is 28.2 Å². The van der Waals surface area contributed by atoms with Crippen molar-refractivity contribution >= 4 is 48.9 Å². The van der Waals surface area contributed by atoms with Gasteiger partial charge in [-0.3, -0.25) is 4.72 Å². The zero-order valence-corrected chi connectivity index (χ0v) is 22.7. The number of benzene rings is 3. The minimum absolute atomic E-state index is 0.0388. The highest BCUT2D eigenvalue weighted by Gasteiger charge is 2.46. The maximum atomic E-state index is 13.5. The molecule has 1 heterocycles. The van der Waals surface area contributed by atoms with Gasteiger partial charge in [-0.25, -0.2) is 13.8 Å². The molecule has 3 aromatic carbocycles. The summed E-state index contributed by atoms with van der Waals surface area (Å²) in [4.78, 5) is 4.26. The third kappa shape index (κ3) is 5.87. The number of hydrogen-bond donors (Lipinski definition) is 2. The van der Waals surface area contributed by atoms with E-state index in [4.69, 9.17) is 16.3 Å². The van der Waals surface area contributed by atoms with E-state index in [9.17, 15) is 35.5 Å². The Morgan fingerprint density at radius 2 is 1.85 bits per heavy atom. The van der Waals surface area contributed by atoms with E-state index in [0.717, 1.165) is 23.8 Å². The van der Waals surface area contributed by atoms with Crippen LogP contribution in [0.25, 0.3) is 10.2 Å². The summed E-state index contributed by atoms with van der Waals surface area (Å²) in [7, 11) is -5.60. The maximum Gasteiger partial charge on any atom is 0.516 e. The number of aliphatic hydroxyl groups is 1. The Hall–Kier alpha value is -3.00. The first-order valence-corrected chi connectivity index (χ1v) is 14.5. The van der Waals surface area contributed by atoms with Crippen molar-refractivity contribution in [3.05, 3.63) is 86.9 Å². The molecule has 1 aliphatic rings. The monoisotopic (exact) mass is 618 g/mol. The molecule has 0 fully saturated rings. The number of aryl methyl sites for hydroxylation is 1. The van der Waals surface area contributed by atoms with E-state index in [1.807, 2.05) is 6.07 Å². The second-order valence-corrected chi connectivity index (χ2v) is 12.5. The third-order valence-electron chi connectivity index (χ3n) is 6.59. The first-order chi connectivity index (χ1) is 18.8. The summed E-state index contributed by atoms with van der Waals surface area (Å²) >= 11 is 7.42. The SMILES string of the molecule is O=S(=O)(Nc1ccc(Cl)c(CC2CCc3ccc(OCc4nc5cc(F)c(F)cc5s4)cc3C2O)c1)C(F)(F)F. The fraction of sp³-hybridized carbons (Fsp3) is 0.269. The second kappa shape index (κ2) is 10.8. The Kier molecular flexibility index (Phi) is 7.68. The van der Waals surface area contributed by atoms with Crippen molar-refractivity contribution in [1.29, 1.82) is 0 Å². The smallest absolute Gasteiger partial charge is 0.486 e. The number of ether oxygens (including phenoxy) is 1. The van der Waals surface area contributed by atoms with Crippen LogP contribution >= 0.6 is 22.9 Å². The van der Waals surface area contributed by atoms with Gasteiger partial charge in [0.2, 0.25) is 0 Å². The van der Waals surface area contributed by atoms with Crippen molar-refractivity contribution in [2.75, 3.05) is 4.72 Å².